The topological polar surface area (TPSA) is 91.9 Å². The number of carbonyl (C=O) groups is 2. The summed E-state index contributed by atoms with van der Waals surface area (Å²) in [5.41, 5.74) is 3.23. The monoisotopic (exact) mass is 500 g/mol. The van der Waals surface area contributed by atoms with Crippen molar-refractivity contribution in [3.05, 3.63) is 101 Å². The van der Waals surface area contributed by atoms with E-state index in [-0.39, 0.29) is 17.9 Å². The number of hydrogen-bond donors (Lipinski definition) is 2. The number of aliphatic hydroxyl groups is 1. The number of halogens is 1. The summed E-state index contributed by atoms with van der Waals surface area (Å²) in [5, 5.41) is 12.3. The molecule has 1 fully saturated rings. The molecule has 37 heavy (non-hydrogen) atoms. The van der Waals surface area contributed by atoms with E-state index in [0.29, 0.717) is 28.2 Å². The third-order valence-electron chi connectivity index (χ3n) is 6.68. The van der Waals surface area contributed by atoms with Gasteiger partial charge < -0.3 is 24.5 Å². The Labute approximate surface area is 212 Å². The van der Waals surface area contributed by atoms with Crippen LogP contribution in [0.4, 0.5) is 4.39 Å². The normalized spacial score (nSPS) is 17.0. The third kappa shape index (κ3) is 4.10. The van der Waals surface area contributed by atoms with Gasteiger partial charge in [-0.15, -0.1) is 0 Å². The van der Waals surface area contributed by atoms with Crippen LogP contribution in [0.3, 0.4) is 0 Å². The SMILES string of the molecule is COc1ccc(/C(O)=C2\C(=O)C(=O)N(Cc3ccc(F)cc3)C2c2c(C)[nH]c3ccccc23)cc1OC. The van der Waals surface area contributed by atoms with E-state index in [2.05, 4.69) is 4.98 Å². The molecule has 4 aromatic rings. The molecule has 1 aliphatic rings. The van der Waals surface area contributed by atoms with E-state index in [0.717, 1.165) is 16.6 Å². The maximum atomic E-state index is 13.5. The summed E-state index contributed by atoms with van der Waals surface area (Å²) in [4.78, 5) is 31.6. The number of aromatic nitrogens is 1. The summed E-state index contributed by atoms with van der Waals surface area (Å²) in [6.07, 6.45) is 0. The number of rotatable bonds is 6. The Bertz CT molecular complexity index is 1550. The average Bonchev–Trinajstić information content (AvgIpc) is 3.36. The fraction of sp³-hybridized carbons (Fsp3) is 0.172. The van der Waals surface area contributed by atoms with Crippen LogP contribution < -0.4 is 9.47 Å². The molecule has 0 aliphatic carbocycles. The number of fused-ring (bicyclic) bond motifs is 1. The largest absolute Gasteiger partial charge is 0.507 e. The molecule has 8 heteroatoms. The van der Waals surface area contributed by atoms with Gasteiger partial charge in [0.25, 0.3) is 11.7 Å². The standard InChI is InChI=1S/C29H25FN2O5/c1-16-24(20-6-4-5-7-21(20)31-16)26-25(27(33)18-10-13-22(36-2)23(14-18)37-3)28(34)29(35)32(26)15-17-8-11-19(30)12-9-17/h4-14,26,31,33H,15H2,1-3H3/b27-25+. The number of hydrogen-bond acceptors (Lipinski definition) is 5. The Morgan fingerprint density at radius 3 is 2.41 bits per heavy atom. The van der Waals surface area contributed by atoms with E-state index >= 15 is 0 Å². The van der Waals surface area contributed by atoms with Gasteiger partial charge in [-0.3, -0.25) is 9.59 Å². The summed E-state index contributed by atoms with van der Waals surface area (Å²) in [7, 11) is 2.97. The maximum absolute atomic E-state index is 13.5. The molecule has 1 aromatic heterocycles. The molecule has 3 aromatic carbocycles. The van der Waals surface area contributed by atoms with Gasteiger partial charge in [0.1, 0.15) is 11.6 Å². The van der Waals surface area contributed by atoms with Crippen molar-refractivity contribution in [3.8, 4) is 11.5 Å². The van der Waals surface area contributed by atoms with Gasteiger partial charge in [0, 0.05) is 34.3 Å². The Hall–Kier alpha value is -4.59. The summed E-state index contributed by atoms with van der Waals surface area (Å²) < 4.78 is 24.2. The number of nitrogens with one attached hydrogen (secondary N) is 1. The lowest BCUT2D eigenvalue weighted by atomic mass is 9.93. The lowest BCUT2D eigenvalue weighted by Crippen LogP contribution is -2.29. The number of H-pyrrole nitrogens is 1. The molecule has 0 bridgehead atoms. The summed E-state index contributed by atoms with van der Waals surface area (Å²) in [5.74, 6) is -1.45. The van der Waals surface area contributed by atoms with Crippen LogP contribution in [0.5, 0.6) is 11.5 Å². The van der Waals surface area contributed by atoms with E-state index in [1.807, 2.05) is 31.2 Å². The Morgan fingerprint density at radius 1 is 1.00 bits per heavy atom. The molecule has 1 aliphatic heterocycles. The van der Waals surface area contributed by atoms with E-state index in [9.17, 15) is 19.1 Å². The fourth-order valence-electron chi connectivity index (χ4n) is 4.92. The smallest absolute Gasteiger partial charge is 0.295 e. The number of methoxy groups -OCH3 is 2. The molecule has 1 unspecified atom stereocenters. The van der Waals surface area contributed by atoms with Crippen LogP contribution in [0, 0.1) is 12.7 Å². The first-order valence-corrected chi connectivity index (χ1v) is 11.7. The van der Waals surface area contributed by atoms with Crippen molar-refractivity contribution >= 4 is 28.4 Å². The first kappa shape index (κ1) is 24.1. The molecule has 0 spiro atoms. The molecule has 0 radical (unpaired) electrons. The zero-order valence-corrected chi connectivity index (χ0v) is 20.5. The fourth-order valence-corrected chi connectivity index (χ4v) is 4.92. The molecule has 5 rings (SSSR count). The van der Waals surface area contributed by atoms with Crippen molar-refractivity contribution in [2.75, 3.05) is 14.2 Å². The predicted octanol–water partition coefficient (Wildman–Crippen LogP) is 5.25. The molecule has 2 N–H and O–H groups in total. The second-order valence-corrected chi connectivity index (χ2v) is 8.83. The zero-order chi connectivity index (χ0) is 26.3. The van der Waals surface area contributed by atoms with Crippen LogP contribution in [-0.2, 0) is 16.1 Å². The molecule has 7 nitrogen and oxygen atoms in total. The highest BCUT2D eigenvalue weighted by atomic mass is 19.1. The Balaban J connectivity index is 1.73. The zero-order valence-electron chi connectivity index (χ0n) is 20.5. The third-order valence-corrected chi connectivity index (χ3v) is 6.68. The van der Waals surface area contributed by atoms with E-state index in [4.69, 9.17) is 9.47 Å². The van der Waals surface area contributed by atoms with Crippen molar-refractivity contribution < 1.29 is 28.6 Å². The lowest BCUT2D eigenvalue weighted by Gasteiger charge is -2.26. The maximum Gasteiger partial charge on any atom is 0.295 e. The van der Waals surface area contributed by atoms with E-state index in [1.54, 1.807) is 30.3 Å². The summed E-state index contributed by atoms with van der Waals surface area (Å²) in [6.45, 7) is 1.92. The lowest BCUT2D eigenvalue weighted by molar-refractivity contribution is -0.140. The number of Topliss-reactive ketones (excluding diaryl/α,β-unsaturated/α-hetero) is 1. The van der Waals surface area contributed by atoms with Crippen LogP contribution in [0.1, 0.15) is 28.4 Å². The molecule has 2 heterocycles. The van der Waals surface area contributed by atoms with Gasteiger partial charge in [-0.2, -0.15) is 0 Å². The molecule has 0 saturated carbocycles. The molecule has 1 saturated heterocycles. The van der Waals surface area contributed by atoms with Gasteiger partial charge in [0.2, 0.25) is 0 Å². The van der Waals surface area contributed by atoms with E-state index < -0.39 is 23.5 Å². The highest BCUT2D eigenvalue weighted by Crippen LogP contribution is 2.44. The number of benzene rings is 3. The molecule has 188 valence electrons. The number of amides is 1. The van der Waals surface area contributed by atoms with Crippen molar-refractivity contribution in [2.24, 2.45) is 0 Å². The van der Waals surface area contributed by atoms with Crippen LogP contribution in [0.2, 0.25) is 0 Å². The second-order valence-electron chi connectivity index (χ2n) is 8.83. The second kappa shape index (κ2) is 9.46. The number of ether oxygens (including phenoxy) is 2. The highest BCUT2D eigenvalue weighted by Gasteiger charge is 2.47. The van der Waals surface area contributed by atoms with E-state index in [1.165, 1.54) is 31.3 Å². The first-order valence-electron chi connectivity index (χ1n) is 11.7. The average molecular weight is 501 g/mol. The number of likely N-dealkylation sites (tertiary alicyclic amines) is 1. The molecule has 1 amide bonds. The van der Waals surface area contributed by atoms with Crippen LogP contribution in [-0.4, -0.2) is 40.9 Å². The van der Waals surface area contributed by atoms with Gasteiger partial charge in [-0.1, -0.05) is 30.3 Å². The number of aliphatic hydroxyl groups excluding tert-OH is 1. The quantitative estimate of drug-likeness (QED) is 0.214. The van der Waals surface area contributed by atoms with Gasteiger partial charge in [-0.25, -0.2) is 4.39 Å². The molecular formula is C29H25FN2O5. The van der Waals surface area contributed by atoms with Crippen LogP contribution in [0.15, 0.2) is 72.3 Å². The van der Waals surface area contributed by atoms with Crippen molar-refractivity contribution in [1.29, 1.82) is 0 Å². The van der Waals surface area contributed by atoms with Gasteiger partial charge in [-0.05, 0) is 48.9 Å². The Morgan fingerprint density at radius 2 is 1.70 bits per heavy atom. The number of nitrogens with zero attached hydrogens (tertiary/aromatic N) is 1. The molecular weight excluding hydrogens is 475 g/mol. The number of carbonyl (C=O) groups excluding carboxylic acids is 2. The van der Waals surface area contributed by atoms with Gasteiger partial charge in [0.15, 0.2) is 11.5 Å². The number of aryl methyl sites for hydroxylation is 1. The molecule has 1 atom stereocenters. The summed E-state index contributed by atoms with van der Waals surface area (Å²) in [6, 6.07) is 17.2. The van der Waals surface area contributed by atoms with Crippen molar-refractivity contribution in [2.45, 2.75) is 19.5 Å². The van der Waals surface area contributed by atoms with Crippen molar-refractivity contribution in [1.82, 2.24) is 9.88 Å². The van der Waals surface area contributed by atoms with Crippen LogP contribution in [0.25, 0.3) is 16.7 Å². The minimum absolute atomic E-state index is 0.0350. The predicted molar refractivity (Wildman–Crippen MR) is 137 cm³/mol. The number of aromatic amines is 1. The highest BCUT2D eigenvalue weighted by molar-refractivity contribution is 6.46. The number of para-hydroxylation sites is 1. The Kier molecular flexibility index (Phi) is 6.17. The minimum atomic E-state index is -0.880. The van der Waals surface area contributed by atoms with Gasteiger partial charge >= 0.3 is 0 Å². The minimum Gasteiger partial charge on any atom is -0.507 e. The first-order chi connectivity index (χ1) is 17.8. The number of ketones is 1. The van der Waals surface area contributed by atoms with Gasteiger partial charge in [0.05, 0.1) is 25.8 Å². The summed E-state index contributed by atoms with van der Waals surface area (Å²) >= 11 is 0. The van der Waals surface area contributed by atoms with Crippen molar-refractivity contribution in [3.63, 3.8) is 0 Å². The van der Waals surface area contributed by atoms with Crippen LogP contribution >= 0.6 is 0 Å².